The van der Waals surface area contributed by atoms with E-state index in [-0.39, 0.29) is 5.91 Å². The van der Waals surface area contributed by atoms with Gasteiger partial charge in [0.2, 0.25) is 0 Å². The van der Waals surface area contributed by atoms with Gasteiger partial charge in [-0.05, 0) is 69.2 Å². The molecule has 0 unspecified atom stereocenters. The maximum absolute atomic E-state index is 13.4. The summed E-state index contributed by atoms with van der Waals surface area (Å²) in [4.78, 5) is 22.6. The molecule has 0 saturated carbocycles. The first-order valence-electron chi connectivity index (χ1n) is 9.71. The Balaban J connectivity index is 1.54. The number of methoxy groups -OCH3 is 1. The fourth-order valence-electron chi connectivity index (χ4n) is 4.45. The molecule has 1 aromatic heterocycles. The highest BCUT2D eigenvalue weighted by atomic mass is 16.5. The first kappa shape index (κ1) is 16.5. The van der Waals surface area contributed by atoms with Gasteiger partial charge in [-0.1, -0.05) is 6.07 Å². The van der Waals surface area contributed by atoms with Crippen LogP contribution in [0.5, 0.6) is 5.75 Å². The Morgan fingerprint density at radius 2 is 1.93 bits per heavy atom. The van der Waals surface area contributed by atoms with Crippen LogP contribution in [0.2, 0.25) is 0 Å². The number of carbonyl (C=O) groups excluding carboxylic acids is 1. The van der Waals surface area contributed by atoms with Crippen LogP contribution in [0.3, 0.4) is 0 Å². The molecule has 0 radical (unpaired) electrons. The molecule has 0 spiro atoms. The van der Waals surface area contributed by atoms with Crippen molar-refractivity contribution >= 4 is 33.4 Å². The number of pyridine rings is 1. The fourth-order valence-corrected chi connectivity index (χ4v) is 4.45. The summed E-state index contributed by atoms with van der Waals surface area (Å²) in [6, 6.07) is 11.8. The number of carbonyl (C=O) groups is 1. The summed E-state index contributed by atoms with van der Waals surface area (Å²) < 4.78 is 5.38. The third-order valence-corrected chi connectivity index (χ3v) is 5.79. The van der Waals surface area contributed by atoms with Gasteiger partial charge in [-0.2, -0.15) is 0 Å². The zero-order valence-electron chi connectivity index (χ0n) is 15.6. The Hall–Kier alpha value is -2.66. The SMILES string of the molecule is COc1ccc2nc3cccc4c3c(c2c1)C(=O)N4CCCN1CCCC1. The molecule has 0 atom stereocenters. The lowest BCUT2D eigenvalue weighted by atomic mass is 10.0. The van der Waals surface area contributed by atoms with Gasteiger partial charge in [0.15, 0.2) is 0 Å². The van der Waals surface area contributed by atoms with Crippen molar-refractivity contribution in [2.45, 2.75) is 19.3 Å². The molecule has 5 nitrogen and oxygen atoms in total. The smallest absolute Gasteiger partial charge is 0.259 e. The van der Waals surface area contributed by atoms with E-state index in [1.165, 1.54) is 25.9 Å². The lowest BCUT2D eigenvalue weighted by Crippen LogP contribution is -2.31. The minimum atomic E-state index is 0.0864. The molecule has 5 heteroatoms. The zero-order chi connectivity index (χ0) is 18.4. The maximum atomic E-state index is 13.4. The van der Waals surface area contributed by atoms with Crippen LogP contribution in [0, 0.1) is 0 Å². The molecule has 2 aromatic carbocycles. The van der Waals surface area contributed by atoms with Gasteiger partial charge in [-0.15, -0.1) is 0 Å². The number of benzene rings is 2. The number of rotatable bonds is 5. The zero-order valence-corrected chi connectivity index (χ0v) is 15.6. The lowest BCUT2D eigenvalue weighted by Gasteiger charge is -2.20. The fraction of sp³-hybridized carbons (Fsp3) is 0.364. The highest BCUT2D eigenvalue weighted by Gasteiger charge is 2.32. The predicted molar refractivity (Wildman–Crippen MR) is 108 cm³/mol. The topological polar surface area (TPSA) is 45.7 Å². The van der Waals surface area contributed by atoms with E-state index >= 15 is 0 Å². The van der Waals surface area contributed by atoms with Crippen molar-refractivity contribution in [2.24, 2.45) is 0 Å². The summed E-state index contributed by atoms with van der Waals surface area (Å²) in [6.07, 6.45) is 3.59. The standard InChI is InChI=1S/C22H23N3O2/c1-27-15-8-9-17-16(14-15)20-21-18(23-17)6-4-7-19(21)25(22(20)26)13-5-12-24-10-2-3-11-24/h4,6-9,14H,2-3,5,10-13H2,1H3. The number of anilines is 1. The third-order valence-electron chi connectivity index (χ3n) is 5.79. The van der Waals surface area contributed by atoms with Crippen LogP contribution in [0.25, 0.3) is 21.8 Å². The Labute approximate surface area is 158 Å². The van der Waals surface area contributed by atoms with Gasteiger partial charge in [0.1, 0.15) is 5.75 Å². The average Bonchev–Trinajstić information content (AvgIpc) is 3.31. The van der Waals surface area contributed by atoms with Gasteiger partial charge in [-0.3, -0.25) is 4.79 Å². The highest BCUT2D eigenvalue weighted by Crippen LogP contribution is 2.40. The summed E-state index contributed by atoms with van der Waals surface area (Å²) in [5.41, 5.74) is 3.48. The lowest BCUT2D eigenvalue weighted by molar-refractivity contribution is 0.0993. The molecular weight excluding hydrogens is 338 g/mol. The second-order valence-corrected chi connectivity index (χ2v) is 7.40. The summed E-state index contributed by atoms with van der Waals surface area (Å²) in [7, 11) is 1.65. The van der Waals surface area contributed by atoms with Crippen LogP contribution in [-0.2, 0) is 0 Å². The van der Waals surface area contributed by atoms with E-state index in [0.29, 0.717) is 0 Å². The summed E-state index contributed by atoms with van der Waals surface area (Å²) in [5, 5.41) is 1.85. The van der Waals surface area contributed by atoms with Crippen LogP contribution in [0.15, 0.2) is 36.4 Å². The van der Waals surface area contributed by atoms with Crippen molar-refractivity contribution in [1.82, 2.24) is 9.88 Å². The predicted octanol–water partition coefficient (Wildman–Crippen LogP) is 3.84. The second-order valence-electron chi connectivity index (χ2n) is 7.40. The molecular formula is C22H23N3O2. The third kappa shape index (κ3) is 2.65. The Morgan fingerprint density at radius 3 is 2.74 bits per heavy atom. The van der Waals surface area contributed by atoms with Crippen LogP contribution in [0.1, 0.15) is 29.6 Å². The first-order chi connectivity index (χ1) is 13.3. The Kier molecular flexibility index (Phi) is 3.97. The molecule has 1 fully saturated rings. The van der Waals surface area contributed by atoms with E-state index in [1.807, 2.05) is 41.3 Å². The van der Waals surface area contributed by atoms with Crippen molar-refractivity contribution < 1.29 is 9.53 Å². The molecule has 2 aliphatic rings. The van der Waals surface area contributed by atoms with E-state index in [4.69, 9.17) is 9.72 Å². The molecule has 2 aliphatic heterocycles. The van der Waals surface area contributed by atoms with E-state index in [0.717, 1.165) is 58.3 Å². The minimum absolute atomic E-state index is 0.0864. The number of amides is 1. The molecule has 0 N–H and O–H groups in total. The molecule has 1 amide bonds. The number of fused-ring (bicyclic) bond motifs is 2. The molecule has 5 rings (SSSR count). The highest BCUT2D eigenvalue weighted by molar-refractivity contribution is 6.30. The Bertz CT molecular complexity index is 1040. The number of hydrogen-bond acceptors (Lipinski definition) is 4. The molecule has 138 valence electrons. The van der Waals surface area contributed by atoms with E-state index in [9.17, 15) is 4.79 Å². The van der Waals surface area contributed by atoms with Crippen LogP contribution >= 0.6 is 0 Å². The van der Waals surface area contributed by atoms with E-state index in [2.05, 4.69) is 4.90 Å². The van der Waals surface area contributed by atoms with Gasteiger partial charge in [0, 0.05) is 17.3 Å². The van der Waals surface area contributed by atoms with Crippen molar-refractivity contribution in [2.75, 3.05) is 38.2 Å². The molecule has 3 aromatic rings. The monoisotopic (exact) mass is 361 g/mol. The second kappa shape index (κ2) is 6.50. The minimum Gasteiger partial charge on any atom is -0.497 e. The molecule has 0 aliphatic carbocycles. The maximum Gasteiger partial charge on any atom is 0.259 e. The van der Waals surface area contributed by atoms with Crippen molar-refractivity contribution in [1.29, 1.82) is 0 Å². The van der Waals surface area contributed by atoms with Gasteiger partial charge in [-0.25, -0.2) is 4.98 Å². The normalized spacial score (nSPS) is 16.8. The van der Waals surface area contributed by atoms with Gasteiger partial charge >= 0.3 is 0 Å². The van der Waals surface area contributed by atoms with Crippen LogP contribution < -0.4 is 9.64 Å². The van der Waals surface area contributed by atoms with E-state index in [1.54, 1.807) is 7.11 Å². The quantitative estimate of drug-likeness (QED) is 0.648. The summed E-state index contributed by atoms with van der Waals surface area (Å²) in [5.74, 6) is 0.834. The molecule has 27 heavy (non-hydrogen) atoms. The van der Waals surface area contributed by atoms with Crippen LogP contribution in [-0.4, -0.2) is 49.1 Å². The van der Waals surface area contributed by atoms with Crippen LogP contribution in [0.4, 0.5) is 5.69 Å². The van der Waals surface area contributed by atoms with Crippen molar-refractivity contribution in [3.8, 4) is 5.75 Å². The first-order valence-corrected chi connectivity index (χ1v) is 9.71. The number of ether oxygens (including phenoxy) is 1. The van der Waals surface area contributed by atoms with Gasteiger partial charge in [0.05, 0.1) is 29.4 Å². The average molecular weight is 361 g/mol. The van der Waals surface area contributed by atoms with Gasteiger partial charge in [0.25, 0.3) is 5.91 Å². The largest absolute Gasteiger partial charge is 0.497 e. The van der Waals surface area contributed by atoms with E-state index < -0.39 is 0 Å². The molecule has 1 saturated heterocycles. The van der Waals surface area contributed by atoms with Gasteiger partial charge < -0.3 is 14.5 Å². The molecule has 3 heterocycles. The summed E-state index contributed by atoms with van der Waals surface area (Å²) in [6.45, 7) is 4.19. The Morgan fingerprint density at radius 1 is 1.07 bits per heavy atom. The summed E-state index contributed by atoms with van der Waals surface area (Å²) >= 11 is 0. The number of likely N-dealkylation sites (tertiary alicyclic amines) is 1. The number of nitrogens with zero attached hydrogens (tertiary/aromatic N) is 3. The van der Waals surface area contributed by atoms with Crippen molar-refractivity contribution in [3.05, 3.63) is 42.0 Å². The number of hydrogen-bond donors (Lipinski definition) is 0. The number of aromatic nitrogens is 1. The van der Waals surface area contributed by atoms with Crippen molar-refractivity contribution in [3.63, 3.8) is 0 Å². The molecule has 0 bridgehead atoms.